The Morgan fingerprint density at radius 2 is 2.00 bits per heavy atom. The van der Waals surface area contributed by atoms with Crippen LogP contribution >= 0.6 is 28.1 Å². The predicted molar refractivity (Wildman–Crippen MR) is 80.9 cm³/mol. The molecule has 1 N–H and O–H groups in total. The number of fused-ring (bicyclic) bond motifs is 1. The molecular weight excluding hydrogens is 327 g/mol. The lowest BCUT2D eigenvalue weighted by Crippen LogP contribution is -1.96. The van der Waals surface area contributed by atoms with Gasteiger partial charge >= 0.3 is 0 Å². The summed E-state index contributed by atoms with van der Waals surface area (Å²) < 4.78 is 16.7. The van der Waals surface area contributed by atoms with E-state index in [1.165, 1.54) is 12.1 Å². The van der Waals surface area contributed by atoms with Crippen LogP contribution in [0.3, 0.4) is 0 Å². The van der Waals surface area contributed by atoms with Crippen LogP contribution in [0.15, 0.2) is 40.9 Å². The second-order valence-electron chi connectivity index (χ2n) is 4.38. The minimum Gasteiger partial charge on any atom is -0.330 e. The quantitative estimate of drug-likeness (QED) is 0.627. The molecule has 0 aliphatic heterocycles. The summed E-state index contributed by atoms with van der Waals surface area (Å²) in [5, 5.41) is 0. The molecule has 0 fully saturated rings. The number of nitrogens with zero attached hydrogens (tertiary/aromatic N) is 1. The van der Waals surface area contributed by atoms with Crippen LogP contribution in [0.5, 0.6) is 0 Å². The van der Waals surface area contributed by atoms with Crippen LogP contribution in [-0.4, -0.2) is 9.55 Å². The van der Waals surface area contributed by atoms with Crippen LogP contribution in [0, 0.1) is 17.5 Å². The first-order valence-corrected chi connectivity index (χ1v) is 6.93. The number of benzene rings is 2. The molecule has 96 valence electrons. The fourth-order valence-electron chi connectivity index (χ4n) is 2.11. The summed E-state index contributed by atoms with van der Waals surface area (Å²) in [6.45, 7) is 2.01. The molecule has 0 saturated carbocycles. The number of H-pyrrole nitrogens is 1. The Kier molecular flexibility index (Phi) is 3.03. The van der Waals surface area contributed by atoms with Gasteiger partial charge in [0.1, 0.15) is 5.82 Å². The number of nitrogens with one attached hydrogen (secondary N) is 1. The Morgan fingerprint density at radius 3 is 2.79 bits per heavy atom. The SMILES string of the molecule is Cc1ccc2[nH]c(=S)n(-c3cc(F)ccc3Br)c2c1. The highest BCUT2D eigenvalue weighted by atomic mass is 79.9. The third kappa shape index (κ3) is 2.13. The molecule has 2 aromatic carbocycles. The maximum Gasteiger partial charge on any atom is 0.182 e. The monoisotopic (exact) mass is 336 g/mol. The van der Waals surface area contributed by atoms with Gasteiger partial charge in [-0.15, -0.1) is 0 Å². The number of halogens is 2. The summed E-state index contributed by atoms with van der Waals surface area (Å²) in [6.07, 6.45) is 0. The molecule has 0 amide bonds. The van der Waals surface area contributed by atoms with E-state index < -0.39 is 0 Å². The van der Waals surface area contributed by atoms with Gasteiger partial charge in [0.05, 0.1) is 16.7 Å². The van der Waals surface area contributed by atoms with Crippen LogP contribution in [-0.2, 0) is 0 Å². The first-order valence-electron chi connectivity index (χ1n) is 5.73. The number of aryl methyl sites for hydroxylation is 1. The lowest BCUT2D eigenvalue weighted by Gasteiger charge is -2.07. The van der Waals surface area contributed by atoms with Gasteiger partial charge in [0.25, 0.3) is 0 Å². The van der Waals surface area contributed by atoms with Gasteiger partial charge in [0.2, 0.25) is 0 Å². The highest BCUT2D eigenvalue weighted by molar-refractivity contribution is 9.10. The zero-order chi connectivity index (χ0) is 13.6. The molecule has 0 aliphatic rings. The molecule has 1 heterocycles. The summed E-state index contributed by atoms with van der Waals surface area (Å²) >= 11 is 8.79. The fraction of sp³-hybridized carbons (Fsp3) is 0.0714. The van der Waals surface area contributed by atoms with Crippen molar-refractivity contribution in [1.29, 1.82) is 0 Å². The predicted octanol–water partition coefficient (Wildman–Crippen LogP) is 4.90. The van der Waals surface area contributed by atoms with Crippen molar-refractivity contribution < 1.29 is 4.39 Å². The number of rotatable bonds is 1. The molecule has 3 rings (SSSR count). The maximum absolute atomic E-state index is 13.5. The van der Waals surface area contributed by atoms with Crippen LogP contribution in [0.4, 0.5) is 4.39 Å². The zero-order valence-electron chi connectivity index (χ0n) is 10.1. The highest BCUT2D eigenvalue weighted by Crippen LogP contribution is 2.27. The van der Waals surface area contributed by atoms with Gasteiger partial charge in [-0.2, -0.15) is 0 Å². The van der Waals surface area contributed by atoms with E-state index in [2.05, 4.69) is 20.9 Å². The van der Waals surface area contributed by atoms with Crippen molar-refractivity contribution in [2.45, 2.75) is 6.92 Å². The number of aromatic amines is 1. The molecule has 0 unspecified atom stereocenters. The largest absolute Gasteiger partial charge is 0.330 e. The number of hydrogen-bond donors (Lipinski definition) is 1. The van der Waals surface area contributed by atoms with Gasteiger partial charge in [-0.3, -0.25) is 4.57 Å². The van der Waals surface area contributed by atoms with Gasteiger partial charge in [-0.25, -0.2) is 4.39 Å². The summed E-state index contributed by atoms with van der Waals surface area (Å²) in [5.41, 5.74) is 3.70. The Balaban J connectivity index is 2.42. The average Bonchev–Trinajstić information content (AvgIpc) is 2.68. The first-order chi connectivity index (χ1) is 9.06. The van der Waals surface area contributed by atoms with Gasteiger partial charge in [-0.1, -0.05) is 6.07 Å². The van der Waals surface area contributed by atoms with Crippen molar-refractivity contribution in [3.05, 3.63) is 57.0 Å². The average molecular weight is 337 g/mol. The molecule has 1 aromatic heterocycles. The molecule has 0 saturated heterocycles. The second kappa shape index (κ2) is 4.58. The molecular formula is C14H10BrFN2S. The maximum atomic E-state index is 13.5. The second-order valence-corrected chi connectivity index (χ2v) is 5.62. The lowest BCUT2D eigenvalue weighted by molar-refractivity contribution is 0.626. The summed E-state index contributed by atoms with van der Waals surface area (Å²) in [6, 6.07) is 10.6. The van der Waals surface area contributed by atoms with Crippen molar-refractivity contribution in [2.24, 2.45) is 0 Å². The Labute approximate surface area is 123 Å². The van der Waals surface area contributed by atoms with Crippen LogP contribution < -0.4 is 0 Å². The van der Waals surface area contributed by atoms with E-state index >= 15 is 0 Å². The normalized spacial score (nSPS) is 11.1. The summed E-state index contributed by atoms with van der Waals surface area (Å²) in [5.74, 6) is -0.290. The summed E-state index contributed by atoms with van der Waals surface area (Å²) in [4.78, 5) is 3.13. The molecule has 5 heteroatoms. The van der Waals surface area contributed by atoms with E-state index in [1.807, 2.05) is 29.7 Å². The van der Waals surface area contributed by atoms with E-state index in [0.29, 0.717) is 10.5 Å². The van der Waals surface area contributed by atoms with Gasteiger partial charge in [0, 0.05) is 4.47 Å². The van der Waals surface area contributed by atoms with Crippen LogP contribution in [0.1, 0.15) is 5.56 Å². The van der Waals surface area contributed by atoms with Crippen molar-refractivity contribution in [1.82, 2.24) is 9.55 Å². The molecule has 0 aliphatic carbocycles. The molecule has 2 nitrogen and oxygen atoms in total. The van der Waals surface area contributed by atoms with Gasteiger partial charge in [-0.05, 0) is 71.0 Å². The van der Waals surface area contributed by atoms with Gasteiger partial charge < -0.3 is 4.98 Å². The zero-order valence-corrected chi connectivity index (χ0v) is 12.5. The molecule has 3 aromatic rings. The minimum atomic E-state index is -0.290. The molecule has 19 heavy (non-hydrogen) atoms. The van der Waals surface area contributed by atoms with Gasteiger partial charge in [0.15, 0.2) is 4.77 Å². The third-order valence-electron chi connectivity index (χ3n) is 2.99. The van der Waals surface area contributed by atoms with Crippen molar-refractivity contribution in [3.63, 3.8) is 0 Å². The fourth-order valence-corrected chi connectivity index (χ4v) is 2.84. The topological polar surface area (TPSA) is 20.7 Å². The third-order valence-corrected chi connectivity index (χ3v) is 3.94. The molecule has 0 atom stereocenters. The number of hydrogen-bond acceptors (Lipinski definition) is 1. The number of aromatic nitrogens is 2. The highest BCUT2D eigenvalue weighted by Gasteiger charge is 2.10. The Hall–Kier alpha value is -1.46. The lowest BCUT2D eigenvalue weighted by atomic mass is 10.2. The summed E-state index contributed by atoms with van der Waals surface area (Å²) in [7, 11) is 0. The van der Waals surface area contributed by atoms with Crippen molar-refractivity contribution >= 4 is 39.2 Å². The minimum absolute atomic E-state index is 0.290. The standard InChI is InChI=1S/C14H10BrFN2S/c1-8-2-5-11-13(6-8)18(14(19)17-11)12-7-9(16)3-4-10(12)15/h2-7H,1H3,(H,17,19). The van der Waals surface area contributed by atoms with E-state index in [4.69, 9.17) is 12.2 Å². The molecule has 0 radical (unpaired) electrons. The van der Waals surface area contributed by atoms with E-state index in [0.717, 1.165) is 21.1 Å². The number of imidazole rings is 1. The van der Waals surface area contributed by atoms with E-state index in [9.17, 15) is 4.39 Å². The smallest absolute Gasteiger partial charge is 0.182 e. The molecule has 0 bridgehead atoms. The van der Waals surface area contributed by atoms with Crippen LogP contribution in [0.2, 0.25) is 0 Å². The van der Waals surface area contributed by atoms with Crippen molar-refractivity contribution in [2.75, 3.05) is 0 Å². The van der Waals surface area contributed by atoms with E-state index in [-0.39, 0.29) is 5.82 Å². The first kappa shape index (κ1) is 12.6. The van der Waals surface area contributed by atoms with E-state index in [1.54, 1.807) is 6.07 Å². The Bertz CT molecular complexity index is 835. The Morgan fingerprint density at radius 1 is 1.21 bits per heavy atom. The van der Waals surface area contributed by atoms with Crippen molar-refractivity contribution in [3.8, 4) is 5.69 Å². The molecule has 0 spiro atoms. The van der Waals surface area contributed by atoms with Crippen LogP contribution in [0.25, 0.3) is 16.7 Å².